The summed E-state index contributed by atoms with van der Waals surface area (Å²) in [5.41, 5.74) is -2.20. The molecule has 0 aliphatic heterocycles. The van der Waals surface area contributed by atoms with Gasteiger partial charge in [-0.25, -0.2) is 0 Å². The Hall–Kier alpha value is -0.750. The monoisotopic (exact) mass is 251 g/mol. The van der Waals surface area contributed by atoms with Crippen molar-refractivity contribution in [1.82, 2.24) is 5.32 Å². The van der Waals surface area contributed by atoms with Gasteiger partial charge in [0, 0.05) is 12.6 Å². The lowest BCUT2D eigenvalue weighted by Crippen LogP contribution is -2.62. The summed E-state index contributed by atoms with van der Waals surface area (Å²) < 4.78 is 27.3. The summed E-state index contributed by atoms with van der Waals surface area (Å²) >= 11 is 0. The fourth-order valence-electron chi connectivity index (χ4n) is 1.63. The number of halogens is 2. The van der Waals surface area contributed by atoms with Gasteiger partial charge in [-0.05, 0) is 32.1 Å². The Morgan fingerprint density at radius 2 is 2.00 bits per heavy atom. The van der Waals surface area contributed by atoms with Gasteiger partial charge in [0.1, 0.15) is 5.60 Å². The molecule has 2 atom stereocenters. The molecular formula is C11H19F2NO3. The van der Waals surface area contributed by atoms with E-state index in [-0.39, 0.29) is 25.4 Å². The first-order valence-electron chi connectivity index (χ1n) is 5.76. The predicted molar refractivity (Wildman–Crippen MR) is 57.6 cm³/mol. The topological polar surface area (TPSA) is 69.6 Å². The molecule has 0 radical (unpaired) electrons. The zero-order valence-corrected chi connectivity index (χ0v) is 10.0. The van der Waals surface area contributed by atoms with E-state index < -0.39 is 23.5 Å². The molecule has 17 heavy (non-hydrogen) atoms. The number of hydrogen-bond donors (Lipinski definition) is 3. The number of rotatable bonds is 5. The summed E-state index contributed by atoms with van der Waals surface area (Å²) in [6.07, 6.45) is 0.386. The van der Waals surface area contributed by atoms with Crippen molar-refractivity contribution in [2.45, 2.75) is 50.7 Å². The molecule has 1 aliphatic rings. The van der Waals surface area contributed by atoms with Gasteiger partial charge in [-0.3, -0.25) is 4.79 Å². The summed E-state index contributed by atoms with van der Waals surface area (Å²) in [6, 6.07) is -0.568. The van der Waals surface area contributed by atoms with Crippen LogP contribution in [0.15, 0.2) is 0 Å². The molecule has 2 unspecified atom stereocenters. The van der Waals surface area contributed by atoms with Crippen LogP contribution in [-0.4, -0.2) is 40.3 Å². The molecule has 6 heteroatoms. The molecule has 3 N–H and O–H groups in total. The Balaban J connectivity index is 2.63. The molecule has 0 spiro atoms. The Labute approximate surface area is 99.0 Å². The number of carbonyl (C=O) groups is 1. The Bertz CT molecular complexity index is 292. The molecule has 1 amide bonds. The predicted octanol–water partition coefficient (Wildman–Crippen LogP) is 0.670. The van der Waals surface area contributed by atoms with Crippen molar-refractivity contribution in [2.24, 2.45) is 5.92 Å². The van der Waals surface area contributed by atoms with E-state index in [1.165, 1.54) is 0 Å². The number of carbonyl (C=O) groups excluding carboxylic acids is 1. The van der Waals surface area contributed by atoms with Crippen LogP contribution in [0.5, 0.6) is 0 Å². The smallest absolute Gasteiger partial charge is 0.352 e. The highest BCUT2D eigenvalue weighted by atomic mass is 19.3. The highest BCUT2D eigenvalue weighted by Gasteiger charge is 2.61. The molecule has 1 saturated carbocycles. The van der Waals surface area contributed by atoms with Crippen molar-refractivity contribution in [3.05, 3.63) is 0 Å². The first-order valence-corrected chi connectivity index (χ1v) is 5.76. The van der Waals surface area contributed by atoms with Gasteiger partial charge in [0.25, 0.3) is 5.91 Å². The maximum atomic E-state index is 13.6. The maximum Gasteiger partial charge on any atom is 0.352 e. The van der Waals surface area contributed by atoms with Gasteiger partial charge in [-0.15, -0.1) is 0 Å². The van der Waals surface area contributed by atoms with E-state index in [4.69, 9.17) is 5.11 Å². The average Bonchev–Trinajstić information content (AvgIpc) is 2.23. The SMILES string of the molecule is CC(CO)C(C)NC(=O)C(F)(F)C1(O)CCC1. The molecule has 0 heterocycles. The first-order chi connectivity index (χ1) is 7.74. The van der Waals surface area contributed by atoms with Gasteiger partial charge >= 0.3 is 5.92 Å². The highest BCUT2D eigenvalue weighted by molar-refractivity contribution is 5.85. The van der Waals surface area contributed by atoms with Gasteiger partial charge in [0.2, 0.25) is 0 Å². The van der Waals surface area contributed by atoms with E-state index >= 15 is 0 Å². The minimum Gasteiger partial charge on any atom is -0.396 e. The van der Waals surface area contributed by atoms with Crippen molar-refractivity contribution in [2.75, 3.05) is 6.61 Å². The molecule has 100 valence electrons. The van der Waals surface area contributed by atoms with E-state index in [1.807, 2.05) is 0 Å². The van der Waals surface area contributed by atoms with Crippen LogP contribution in [0.4, 0.5) is 8.78 Å². The second-order valence-electron chi connectivity index (χ2n) is 4.88. The fourth-order valence-corrected chi connectivity index (χ4v) is 1.63. The second kappa shape index (κ2) is 4.86. The number of aliphatic hydroxyl groups excluding tert-OH is 1. The van der Waals surface area contributed by atoms with Crippen molar-refractivity contribution in [3.63, 3.8) is 0 Å². The van der Waals surface area contributed by atoms with E-state index in [9.17, 15) is 18.7 Å². The number of hydrogen-bond acceptors (Lipinski definition) is 3. The first kappa shape index (κ1) is 14.3. The lowest BCUT2D eigenvalue weighted by atomic mass is 9.75. The lowest BCUT2D eigenvalue weighted by Gasteiger charge is -2.41. The molecule has 1 aliphatic carbocycles. The van der Waals surface area contributed by atoms with Crippen LogP contribution in [0.25, 0.3) is 0 Å². The fraction of sp³-hybridized carbons (Fsp3) is 0.909. The largest absolute Gasteiger partial charge is 0.396 e. The number of alkyl halides is 2. The third-order valence-corrected chi connectivity index (χ3v) is 3.55. The van der Waals surface area contributed by atoms with Crippen molar-refractivity contribution in [1.29, 1.82) is 0 Å². The van der Waals surface area contributed by atoms with Crippen LogP contribution in [0.3, 0.4) is 0 Å². The van der Waals surface area contributed by atoms with Gasteiger partial charge in [0.05, 0.1) is 0 Å². The van der Waals surface area contributed by atoms with Gasteiger partial charge in [0.15, 0.2) is 0 Å². The van der Waals surface area contributed by atoms with Crippen molar-refractivity contribution >= 4 is 5.91 Å². The zero-order chi connectivity index (χ0) is 13.3. The van der Waals surface area contributed by atoms with Crippen LogP contribution in [0, 0.1) is 5.92 Å². The molecule has 0 aromatic carbocycles. The summed E-state index contributed by atoms with van der Waals surface area (Å²) in [5, 5.41) is 20.5. The number of aliphatic hydroxyl groups is 2. The van der Waals surface area contributed by atoms with Gasteiger partial charge in [-0.2, -0.15) is 8.78 Å². The Kier molecular flexibility index (Phi) is 4.09. The molecule has 0 aromatic rings. The molecule has 0 bridgehead atoms. The Morgan fingerprint density at radius 1 is 1.47 bits per heavy atom. The summed E-state index contributed by atoms with van der Waals surface area (Å²) in [5.74, 6) is -5.55. The number of amides is 1. The minimum absolute atomic E-state index is 0.0582. The van der Waals surface area contributed by atoms with Crippen LogP contribution < -0.4 is 5.32 Å². The van der Waals surface area contributed by atoms with Crippen molar-refractivity contribution < 1.29 is 23.8 Å². The summed E-state index contributed by atoms with van der Waals surface area (Å²) in [7, 11) is 0. The van der Waals surface area contributed by atoms with Crippen LogP contribution in [-0.2, 0) is 4.79 Å². The quantitative estimate of drug-likeness (QED) is 0.672. The molecule has 0 aromatic heterocycles. The van der Waals surface area contributed by atoms with E-state index in [0.29, 0.717) is 6.42 Å². The van der Waals surface area contributed by atoms with Gasteiger partial charge < -0.3 is 15.5 Å². The maximum absolute atomic E-state index is 13.6. The Morgan fingerprint density at radius 3 is 2.35 bits per heavy atom. The standard InChI is InChI=1S/C11H19F2NO3/c1-7(6-15)8(2)14-9(16)11(12,13)10(17)4-3-5-10/h7-8,15,17H,3-6H2,1-2H3,(H,14,16). The van der Waals surface area contributed by atoms with Crippen LogP contribution in [0.2, 0.25) is 0 Å². The van der Waals surface area contributed by atoms with Crippen LogP contribution in [0.1, 0.15) is 33.1 Å². The molecular weight excluding hydrogens is 232 g/mol. The third kappa shape index (κ3) is 2.57. The lowest BCUT2D eigenvalue weighted by molar-refractivity contribution is -0.216. The summed E-state index contributed by atoms with van der Waals surface area (Å²) in [6.45, 7) is 2.98. The minimum atomic E-state index is -3.77. The van der Waals surface area contributed by atoms with E-state index in [0.717, 1.165) is 0 Å². The molecule has 4 nitrogen and oxygen atoms in total. The number of nitrogens with one attached hydrogen (secondary N) is 1. The average molecular weight is 251 g/mol. The highest BCUT2D eigenvalue weighted by Crippen LogP contribution is 2.44. The molecule has 0 saturated heterocycles. The third-order valence-electron chi connectivity index (χ3n) is 3.55. The van der Waals surface area contributed by atoms with Crippen molar-refractivity contribution in [3.8, 4) is 0 Å². The van der Waals surface area contributed by atoms with E-state index in [1.54, 1.807) is 13.8 Å². The van der Waals surface area contributed by atoms with Gasteiger partial charge in [-0.1, -0.05) is 6.92 Å². The van der Waals surface area contributed by atoms with E-state index in [2.05, 4.69) is 5.32 Å². The van der Waals surface area contributed by atoms with Crippen LogP contribution >= 0.6 is 0 Å². The zero-order valence-electron chi connectivity index (χ0n) is 10.0. The summed E-state index contributed by atoms with van der Waals surface area (Å²) in [4.78, 5) is 11.4. The normalized spacial score (nSPS) is 22.5. The molecule has 1 rings (SSSR count). The second-order valence-corrected chi connectivity index (χ2v) is 4.88. The molecule has 1 fully saturated rings.